The second-order valence-electron chi connectivity index (χ2n) is 3.94. The lowest BCUT2D eigenvalue weighted by molar-refractivity contribution is 0.252. The standard InChI is InChI=1S/C12H15N5O2S2/c1-2-21(19)8-7-14-11(18)15-12-17-16-10(20-12)9-5-3-4-6-13-9/h3-6H,2,7-8H2,1H3,(H2,14,15,17,18). The predicted octanol–water partition coefficient (Wildman–Crippen LogP) is 1.49. The Hall–Kier alpha value is -1.87. The van der Waals surface area contributed by atoms with E-state index in [2.05, 4.69) is 25.8 Å². The van der Waals surface area contributed by atoms with E-state index in [1.165, 1.54) is 11.3 Å². The van der Waals surface area contributed by atoms with Crippen LogP contribution < -0.4 is 10.6 Å². The van der Waals surface area contributed by atoms with Crippen molar-refractivity contribution in [3.05, 3.63) is 24.4 Å². The molecule has 2 aromatic rings. The van der Waals surface area contributed by atoms with Gasteiger partial charge in [-0.2, -0.15) is 0 Å². The monoisotopic (exact) mass is 325 g/mol. The molecule has 0 aromatic carbocycles. The summed E-state index contributed by atoms with van der Waals surface area (Å²) in [6, 6.07) is 5.12. The van der Waals surface area contributed by atoms with E-state index in [1.807, 2.05) is 25.1 Å². The second-order valence-corrected chi connectivity index (χ2v) is 6.78. The number of rotatable bonds is 6. The first kappa shape index (κ1) is 15.5. The zero-order valence-corrected chi connectivity index (χ0v) is 13.0. The van der Waals surface area contributed by atoms with Crippen LogP contribution in [0, 0.1) is 0 Å². The lowest BCUT2D eigenvalue weighted by atomic mass is 10.4. The molecule has 7 nitrogen and oxygen atoms in total. The van der Waals surface area contributed by atoms with E-state index < -0.39 is 10.8 Å². The Morgan fingerprint density at radius 1 is 1.38 bits per heavy atom. The zero-order chi connectivity index (χ0) is 15.1. The molecule has 2 heterocycles. The lowest BCUT2D eigenvalue weighted by Crippen LogP contribution is -2.32. The molecular formula is C12H15N5O2S2. The molecule has 2 aromatic heterocycles. The van der Waals surface area contributed by atoms with E-state index in [9.17, 15) is 9.00 Å². The summed E-state index contributed by atoms with van der Waals surface area (Å²) in [5.74, 6) is 1.03. The van der Waals surface area contributed by atoms with Crippen LogP contribution >= 0.6 is 11.3 Å². The maximum Gasteiger partial charge on any atom is 0.321 e. The van der Waals surface area contributed by atoms with Gasteiger partial charge >= 0.3 is 6.03 Å². The molecule has 0 fully saturated rings. The number of amides is 2. The largest absolute Gasteiger partial charge is 0.337 e. The van der Waals surface area contributed by atoms with Crippen LogP contribution in [0.25, 0.3) is 10.7 Å². The number of nitrogens with one attached hydrogen (secondary N) is 2. The number of nitrogens with zero attached hydrogens (tertiary/aromatic N) is 3. The van der Waals surface area contributed by atoms with E-state index >= 15 is 0 Å². The Morgan fingerprint density at radius 2 is 2.24 bits per heavy atom. The predicted molar refractivity (Wildman–Crippen MR) is 83.7 cm³/mol. The van der Waals surface area contributed by atoms with Crippen molar-refractivity contribution in [2.45, 2.75) is 6.92 Å². The average molecular weight is 325 g/mol. The molecule has 0 saturated heterocycles. The highest BCUT2D eigenvalue weighted by Gasteiger charge is 2.10. The van der Waals surface area contributed by atoms with Crippen LogP contribution in [0.3, 0.4) is 0 Å². The summed E-state index contributed by atoms with van der Waals surface area (Å²) < 4.78 is 11.2. The maximum atomic E-state index is 11.6. The summed E-state index contributed by atoms with van der Waals surface area (Å²) in [4.78, 5) is 15.8. The fourth-order valence-electron chi connectivity index (χ4n) is 1.43. The Labute approximate surface area is 128 Å². The minimum atomic E-state index is -0.887. The summed E-state index contributed by atoms with van der Waals surface area (Å²) in [6.45, 7) is 2.20. The Bertz CT molecular complexity index is 617. The van der Waals surface area contributed by atoms with Crippen molar-refractivity contribution in [2.75, 3.05) is 23.4 Å². The Balaban J connectivity index is 1.85. The molecule has 2 rings (SSSR count). The number of hydrogen-bond donors (Lipinski definition) is 2. The van der Waals surface area contributed by atoms with Gasteiger partial charge in [0.2, 0.25) is 5.13 Å². The number of aromatic nitrogens is 3. The van der Waals surface area contributed by atoms with Crippen LogP contribution in [0.15, 0.2) is 24.4 Å². The molecule has 0 saturated carbocycles. The summed E-state index contributed by atoms with van der Waals surface area (Å²) >= 11 is 1.24. The van der Waals surface area contributed by atoms with Crippen LogP contribution in [0.5, 0.6) is 0 Å². The first-order chi connectivity index (χ1) is 10.2. The number of pyridine rings is 1. The van der Waals surface area contributed by atoms with Crippen molar-refractivity contribution in [1.29, 1.82) is 0 Å². The smallest absolute Gasteiger partial charge is 0.321 e. The number of anilines is 1. The molecule has 0 aliphatic carbocycles. The summed E-state index contributed by atoms with van der Waals surface area (Å²) in [7, 11) is -0.887. The first-order valence-electron chi connectivity index (χ1n) is 6.33. The van der Waals surface area contributed by atoms with Crippen LogP contribution in [0.4, 0.5) is 9.93 Å². The third-order valence-electron chi connectivity index (χ3n) is 2.47. The van der Waals surface area contributed by atoms with Gasteiger partial charge in [-0.15, -0.1) is 10.2 Å². The maximum absolute atomic E-state index is 11.6. The van der Waals surface area contributed by atoms with Gasteiger partial charge in [-0.3, -0.25) is 14.5 Å². The molecule has 9 heteroatoms. The number of carbonyl (C=O) groups excluding carboxylic acids is 1. The van der Waals surface area contributed by atoms with E-state index in [0.29, 0.717) is 33.9 Å². The molecule has 0 aliphatic heterocycles. The SMILES string of the molecule is CCS(=O)CCNC(=O)Nc1nnc(-c2ccccn2)s1. The van der Waals surface area contributed by atoms with Crippen LogP contribution in [0.2, 0.25) is 0 Å². The Morgan fingerprint density at radius 3 is 2.95 bits per heavy atom. The van der Waals surface area contributed by atoms with E-state index in [1.54, 1.807) is 6.20 Å². The number of urea groups is 1. The molecule has 2 N–H and O–H groups in total. The van der Waals surface area contributed by atoms with Crippen LogP contribution in [-0.4, -0.2) is 43.5 Å². The molecule has 0 bridgehead atoms. The fraction of sp³-hybridized carbons (Fsp3) is 0.333. The third-order valence-corrected chi connectivity index (χ3v) is 4.63. The van der Waals surface area contributed by atoms with Gasteiger partial charge in [-0.05, 0) is 12.1 Å². The number of carbonyl (C=O) groups is 1. The molecule has 1 atom stereocenters. The molecule has 0 radical (unpaired) electrons. The van der Waals surface area contributed by atoms with Crippen molar-refractivity contribution < 1.29 is 9.00 Å². The molecular weight excluding hydrogens is 310 g/mol. The normalized spacial score (nSPS) is 11.9. The summed E-state index contributed by atoms with van der Waals surface area (Å²) in [6.07, 6.45) is 1.67. The molecule has 112 valence electrons. The van der Waals surface area contributed by atoms with E-state index in [4.69, 9.17) is 0 Å². The average Bonchev–Trinajstić information content (AvgIpc) is 2.96. The van der Waals surface area contributed by atoms with Crippen LogP contribution in [0.1, 0.15) is 6.92 Å². The van der Waals surface area contributed by atoms with Crippen molar-refractivity contribution in [2.24, 2.45) is 0 Å². The number of hydrogen-bond acceptors (Lipinski definition) is 6. The van der Waals surface area contributed by atoms with Gasteiger partial charge in [0.25, 0.3) is 0 Å². The van der Waals surface area contributed by atoms with Crippen molar-refractivity contribution in [3.63, 3.8) is 0 Å². The highest BCUT2D eigenvalue weighted by molar-refractivity contribution is 7.84. The molecule has 2 amide bonds. The highest BCUT2D eigenvalue weighted by Crippen LogP contribution is 2.23. The van der Waals surface area contributed by atoms with Crippen molar-refractivity contribution in [3.8, 4) is 10.7 Å². The highest BCUT2D eigenvalue weighted by atomic mass is 32.2. The Kier molecular flexibility index (Phi) is 5.76. The topological polar surface area (TPSA) is 96.9 Å². The van der Waals surface area contributed by atoms with Gasteiger partial charge in [0.15, 0.2) is 5.01 Å². The van der Waals surface area contributed by atoms with Gasteiger partial charge in [0.1, 0.15) is 5.69 Å². The third kappa shape index (κ3) is 4.87. The van der Waals surface area contributed by atoms with Gasteiger partial charge in [0, 0.05) is 35.0 Å². The van der Waals surface area contributed by atoms with E-state index in [-0.39, 0.29) is 6.03 Å². The molecule has 21 heavy (non-hydrogen) atoms. The quantitative estimate of drug-likeness (QED) is 0.838. The second kappa shape index (κ2) is 7.79. The fourth-order valence-corrected chi connectivity index (χ4v) is 2.76. The minimum Gasteiger partial charge on any atom is -0.337 e. The van der Waals surface area contributed by atoms with E-state index in [0.717, 1.165) is 0 Å². The van der Waals surface area contributed by atoms with Gasteiger partial charge in [0.05, 0.1) is 0 Å². The summed E-state index contributed by atoms with van der Waals surface area (Å²) in [5.41, 5.74) is 0.710. The van der Waals surface area contributed by atoms with Gasteiger partial charge < -0.3 is 5.32 Å². The first-order valence-corrected chi connectivity index (χ1v) is 8.64. The zero-order valence-electron chi connectivity index (χ0n) is 11.4. The van der Waals surface area contributed by atoms with Crippen molar-refractivity contribution in [1.82, 2.24) is 20.5 Å². The minimum absolute atomic E-state index is 0.359. The van der Waals surface area contributed by atoms with Crippen LogP contribution in [-0.2, 0) is 10.8 Å². The molecule has 0 aliphatic rings. The molecule has 1 unspecified atom stereocenters. The molecule has 0 spiro atoms. The lowest BCUT2D eigenvalue weighted by Gasteiger charge is -2.03. The van der Waals surface area contributed by atoms with Gasteiger partial charge in [-0.1, -0.05) is 24.3 Å². The van der Waals surface area contributed by atoms with Gasteiger partial charge in [-0.25, -0.2) is 4.79 Å². The van der Waals surface area contributed by atoms with Crippen molar-refractivity contribution >= 4 is 33.3 Å². The summed E-state index contributed by atoms with van der Waals surface area (Å²) in [5, 5.41) is 14.1.